The Bertz CT molecular complexity index is 763. The van der Waals surface area contributed by atoms with E-state index in [0.29, 0.717) is 16.5 Å². The highest BCUT2D eigenvalue weighted by Crippen LogP contribution is 2.30. The second-order valence-corrected chi connectivity index (χ2v) is 6.03. The molecule has 122 valence electrons. The molecule has 0 saturated heterocycles. The van der Waals surface area contributed by atoms with E-state index in [9.17, 15) is 14.0 Å². The van der Waals surface area contributed by atoms with Gasteiger partial charge in [0.1, 0.15) is 17.9 Å². The predicted molar refractivity (Wildman–Crippen MR) is 83.4 cm³/mol. The van der Waals surface area contributed by atoms with E-state index in [1.54, 1.807) is 6.92 Å². The van der Waals surface area contributed by atoms with Crippen LogP contribution in [0, 0.1) is 12.7 Å². The Kier molecular flexibility index (Phi) is 4.07. The van der Waals surface area contributed by atoms with Crippen LogP contribution in [-0.4, -0.2) is 29.3 Å². The van der Waals surface area contributed by atoms with Crippen LogP contribution in [-0.2, 0) is 4.79 Å². The fourth-order valence-corrected chi connectivity index (χ4v) is 3.28. The molecule has 0 unspecified atom stereocenters. The molecule has 1 aliphatic rings. The summed E-state index contributed by atoms with van der Waals surface area (Å²) in [4.78, 5) is 25.7. The fraction of sp³-hybridized carbons (Fsp3) is 0.412. The molecule has 1 saturated carbocycles. The Hall–Kier alpha value is -2.37. The minimum Gasteiger partial charge on any atom is -0.451 e. The van der Waals surface area contributed by atoms with Gasteiger partial charge in [-0.15, -0.1) is 0 Å². The van der Waals surface area contributed by atoms with Crippen molar-refractivity contribution in [3.05, 3.63) is 35.3 Å². The van der Waals surface area contributed by atoms with E-state index in [4.69, 9.17) is 10.2 Å². The van der Waals surface area contributed by atoms with E-state index >= 15 is 0 Å². The standard InChI is InChI=1S/C17H19FN2O3/c1-10-13-8-11(18)6-7-14(13)23-16(10)17(22)20(9-15(19)21)12-4-2-3-5-12/h6-8,12H,2-5,9H2,1H3,(H2,19,21). The van der Waals surface area contributed by atoms with Gasteiger partial charge in [-0.2, -0.15) is 0 Å². The first kappa shape index (κ1) is 15.5. The zero-order valence-corrected chi connectivity index (χ0v) is 13.0. The molecular weight excluding hydrogens is 299 g/mol. The van der Waals surface area contributed by atoms with Gasteiger partial charge >= 0.3 is 0 Å². The summed E-state index contributed by atoms with van der Waals surface area (Å²) in [6.07, 6.45) is 3.76. The zero-order chi connectivity index (χ0) is 16.6. The van der Waals surface area contributed by atoms with Gasteiger partial charge in [-0.25, -0.2) is 4.39 Å². The third-order valence-corrected chi connectivity index (χ3v) is 4.44. The molecule has 1 heterocycles. The Labute approximate surface area is 133 Å². The summed E-state index contributed by atoms with van der Waals surface area (Å²) in [7, 11) is 0. The first-order valence-corrected chi connectivity index (χ1v) is 7.75. The topological polar surface area (TPSA) is 76.5 Å². The van der Waals surface area contributed by atoms with Crippen LogP contribution >= 0.6 is 0 Å². The maximum Gasteiger partial charge on any atom is 0.290 e. The van der Waals surface area contributed by atoms with E-state index in [-0.39, 0.29) is 30.1 Å². The highest BCUT2D eigenvalue weighted by Gasteiger charge is 2.31. The van der Waals surface area contributed by atoms with Gasteiger partial charge < -0.3 is 15.1 Å². The van der Waals surface area contributed by atoms with Crippen LogP contribution in [0.2, 0.25) is 0 Å². The number of fused-ring (bicyclic) bond motifs is 1. The number of nitrogens with two attached hydrogens (primary N) is 1. The van der Waals surface area contributed by atoms with Crippen LogP contribution in [0.25, 0.3) is 11.0 Å². The highest BCUT2D eigenvalue weighted by molar-refractivity contribution is 6.00. The maximum absolute atomic E-state index is 13.4. The smallest absolute Gasteiger partial charge is 0.290 e. The molecule has 1 aromatic heterocycles. The van der Waals surface area contributed by atoms with Crippen molar-refractivity contribution >= 4 is 22.8 Å². The van der Waals surface area contributed by atoms with Crippen LogP contribution in [0.1, 0.15) is 41.8 Å². The van der Waals surface area contributed by atoms with Gasteiger partial charge in [-0.05, 0) is 38.0 Å². The minimum absolute atomic E-state index is 0.000603. The molecule has 0 bridgehead atoms. The average Bonchev–Trinajstić information content (AvgIpc) is 3.13. The summed E-state index contributed by atoms with van der Waals surface area (Å²) >= 11 is 0. The molecule has 2 N–H and O–H groups in total. The first-order valence-electron chi connectivity index (χ1n) is 7.75. The monoisotopic (exact) mass is 318 g/mol. The Morgan fingerprint density at radius 3 is 2.70 bits per heavy atom. The summed E-state index contributed by atoms with van der Waals surface area (Å²) < 4.78 is 19.0. The molecule has 2 amide bonds. The number of furan rings is 1. The number of benzene rings is 1. The number of primary amides is 1. The molecule has 6 heteroatoms. The molecule has 2 aromatic rings. The summed E-state index contributed by atoms with van der Waals surface area (Å²) in [5, 5.41) is 0.568. The molecule has 5 nitrogen and oxygen atoms in total. The van der Waals surface area contributed by atoms with Crippen LogP contribution in [0.3, 0.4) is 0 Å². The number of halogens is 1. The second kappa shape index (κ2) is 6.02. The quantitative estimate of drug-likeness (QED) is 0.941. The predicted octanol–water partition coefficient (Wildman–Crippen LogP) is 2.75. The Morgan fingerprint density at radius 1 is 1.35 bits per heavy atom. The third-order valence-electron chi connectivity index (χ3n) is 4.44. The summed E-state index contributed by atoms with van der Waals surface area (Å²) in [5.41, 5.74) is 6.33. The highest BCUT2D eigenvalue weighted by atomic mass is 19.1. The van der Waals surface area contributed by atoms with Gasteiger partial charge in [0.05, 0.1) is 0 Å². The lowest BCUT2D eigenvalue weighted by Gasteiger charge is -2.27. The lowest BCUT2D eigenvalue weighted by Crippen LogP contribution is -2.44. The number of hydrogen-bond donors (Lipinski definition) is 1. The number of rotatable bonds is 4. The van der Waals surface area contributed by atoms with Crippen LogP contribution in [0.5, 0.6) is 0 Å². The van der Waals surface area contributed by atoms with Crippen molar-refractivity contribution in [1.82, 2.24) is 4.90 Å². The van der Waals surface area contributed by atoms with Crippen molar-refractivity contribution in [3.63, 3.8) is 0 Å². The summed E-state index contributed by atoms with van der Waals surface area (Å²) in [5.74, 6) is -1.14. The van der Waals surface area contributed by atoms with E-state index in [1.807, 2.05) is 0 Å². The average molecular weight is 318 g/mol. The van der Waals surface area contributed by atoms with Gasteiger partial charge in [-0.3, -0.25) is 9.59 Å². The number of carbonyl (C=O) groups is 2. The van der Waals surface area contributed by atoms with E-state index < -0.39 is 5.91 Å². The van der Waals surface area contributed by atoms with Gasteiger partial charge in [-0.1, -0.05) is 12.8 Å². The van der Waals surface area contributed by atoms with Crippen molar-refractivity contribution in [2.75, 3.05) is 6.54 Å². The Balaban J connectivity index is 1.99. The Morgan fingerprint density at radius 2 is 2.04 bits per heavy atom. The zero-order valence-electron chi connectivity index (χ0n) is 13.0. The largest absolute Gasteiger partial charge is 0.451 e. The molecular formula is C17H19FN2O3. The summed E-state index contributed by atoms with van der Waals surface area (Å²) in [6.45, 7) is 1.59. The minimum atomic E-state index is -0.551. The molecule has 1 fully saturated rings. The molecule has 0 atom stereocenters. The molecule has 0 radical (unpaired) electrons. The van der Waals surface area contributed by atoms with Gasteiger partial charge in [0, 0.05) is 17.0 Å². The number of amides is 2. The lowest BCUT2D eigenvalue weighted by atomic mass is 10.1. The number of hydrogen-bond acceptors (Lipinski definition) is 3. The van der Waals surface area contributed by atoms with Crippen molar-refractivity contribution in [2.24, 2.45) is 5.73 Å². The number of carbonyl (C=O) groups excluding carboxylic acids is 2. The summed E-state index contributed by atoms with van der Waals surface area (Å²) in [6, 6.07) is 4.14. The van der Waals surface area contributed by atoms with Crippen LogP contribution in [0.4, 0.5) is 4.39 Å². The third kappa shape index (κ3) is 2.93. The van der Waals surface area contributed by atoms with E-state index in [2.05, 4.69) is 0 Å². The second-order valence-electron chi connectivity index (χ2n) is 6.03. The lowest BCUT2D eigenvalue weighted by molar-refractivity contribution is -0.119. The molecule has 0 aliphatic heterocycles. The van der Waals surface area contributed by atoms with Crippen molar-refractivity contribution in [2.45, 2.75) is 38.6 Å². The molecule has 3 rings (SSSR count). The van der Waals surface area contributed by atoms with Crippen molar-refractivity contribution in [3.8, 4) is 0 Å². The molecule has 23 heavy (non-hydrogen) atoms. The first-order chi connectivity index (χ1) is 11.0. The van der Waals surface area contributed by atoms with E-state index in [0.717, 1.165) is 25.7 Å². The van der Waals surface area contributed by atoms with Crippen LogP contribution in [0.15, 0.2) is 22.6 Å². The molecule has 0 spiro atoms. The number of aryl methyl sites for hydroxylation is 1. The van der Waals surface area contributed by atoms with Gasteiger partial charge in [0.15, 0.2) is 5.76 Å². The fourth-order valence-electron chi connectivity index (χ4n) is 3.28. The maximum atomic E-state index is 13.4. The van der Waals surface area contributed by atoms with Gasteiger partial charge in [0.25, 0.3) is 5.91 Å². The number of nitrogens with zero attached hydrogens (tertiary/aromatic N) is 1. The van der Waals surface area contributed by atoms with E-state index in [1.165, 1.54) is 23.1 Å². The van der Waals surface area contributed by atoms with Gasteiger partial charge in [0.2, 0.25) is 5.91 Å². The molecule has 1 aromatic carbocycles. The van der Waals surface area contributed by atoms with Crippen molar-refractivity contribution < 1.29 is 18.4 Å². The normalized spacial score (nSPS) is 15.2. The van der Waals surface area contributed by atoms with Crippen molar-refractivity contribution in [1.29, 1.82) is 0 Å². The van der Waals surface area contributed by atoms with Crippen LogP contribution < -0.4 is 5.73 Å². The SMILES string of the molecule is Cc1c(C(=O)N(CC(N)=O)C2CCCC2)oc2ccc(F)cc12. The molecule has 1 aliphatic carbocycles.